The van der Waals surface area contributed by atoms with Gasteiger partial charge in [-0.25, -0.2) is 9.97 Å². The number of hydrogen-bond donors (Lipinski definition) is 1. The highest BCUT2D eigenvalue weighted by Gasteiger charge is 2.38. The van der Waals surface area contributed by atoms with E-state index < -0.39 is 0 Å². The van der Waals surface area contributed by atoms with Gasteiger partial charge in [-0.3, -0.25) is 4.79 Å². The summed E-state index contributed by atoms with van der Waals surface area (Å²) in [4.78, 5) is 23.1. The Morgan fingerprint density at radius 1 is 1.32 bits per heavy atom. The highest BCUT2D eigenvalue weighted by molar-refractivity contribution is 5.80. The molecule has 0 aliphatic carbocycles. The molecule has 1 aliphatic rings. The summed E-state index contributed by atoms with van der Waals surface area (Å²) < 4.78 is 5.33. The lowest BCUT2D eigenvalue weighted by Gasteiger charge is -2.17. The number of anilines is 1. The highest BCUT2D eigenvalue weighted by atomic mass is 16.5. The highest BCUT2D eigenvalue weighted by Crippen LogP contribution is 2.27. The molecule has 6 nitrogen and oxygen atoms in total. The first-order chi connectivity index (χ1) is 12.2. The average molecular weight is 340 g/mol. The van der Waals surface area contributed by atoms with Crippen LogP contribution >= 0.6 is 0 Å². The Morgan fingerprint density at radius 3 is 2.88 bits per heavy atom. The molecule has 1 aromatic carbocycles. The molecule has 2 aromatic rings. The van der Waals surface area contributed by atoms with Crippen molar-refractivity contribution in [1.29, 1.82) is 0 Å². The number of carbonyl (C=O) groups excluding carboxylic acids is 1. The van der Waals surface area contributed by atoms with E-state index in [4.69, 9.17) is 4.74 Å². The molecular formula is C19H24N4O2. The van der Waals surface area contributed by atoms with Crippen molar-refractivity contribution < 1.29 is 9.53 Å². The normalized spacial score (nSPS) is 19.8. The topological polar surface area (TPSA) is 67.3 Å². The first kappa shape index (κ1) is 17.4. The van der Waals surface area contributed by atoms with Gasteiger partial charge in [0, 0.05) is 38.9 Å². The number of nitrogens with one attached hydrogen (secondary N) is 1. The van der Waals surface area contributed by atoms with Crippen LogP contribution < -0.4 is 10.2 Å². The van der Waals surface area contributed by atoms with Gasteiger partial charge in [-0.1, -0.05) is 24.3 Å². The Hall–Kier alpha value is -2.47. The van der Waals surface area contributed by atoms with Crippen LogP contribution in [0.5, 0.6) is 0 Å². The number of methoxy groups -OCH3 is 1. The van der Waals surface area contributed by atoms with Crippen molar-refractivity contribution in [3.63, 3.8) is 0 Å². The summed E-state index contributed by atoms with van der Waals surface area (Å²) in [5.74, 6) is 0.961. The van der Waals surface area contributed by atoms with Gasteiger partial charge in [0.2, 0.25) is 5.91 Å². The molecule has 25 heavy (non-hydrogen) atoms. The maximum absolute atomic E-state index is 12.8. The predicted octanol–water partition coefficient (Wildman–Crippen LogP) is 1.80. The molecule has 1 aliphatic heterocycles. The van der Waals surface area contributed by atoms with Crippen LogP contribution in [0.15, 0.2) is 42.9 Å². The molecule has 132 valence electrons. The average Bonchev–Trinajstić information content (AvgIpc) is 3.06. The van der Waals surface area contributed by atoms with E-state index in [0.29, 0.717) is 19.7 Å². The molecular weight excluding hydrogens is 316 g/mol. The van der Waals surface area contributed by atoms with Crippen molar-refractivity contribution in [3.8, 4) is 0 Å². The van der Waals surface area contributed by atoms with E-state index in [1.54, 1.807) is 13.3 Å². The Bertz CT molecular complexity index is 708. The zero-order chi connectivity index (χ0) is 17.6. The maximum atomic E-state index is 12.8. The monoisotopic (exact) mass is 340 g/mol. The molecule has 2 heterocycles. The van der Waals surface area contributed by atoms with E-state index in [9.17, 15) is 4.79 Å². The summed E-state index contributed by atoms with van der Waals surface area (Å²) in [5, 5.41) is 3.09. The van der Waals surface area contributed by atoms with Crippen LogP contribution in [0.2, 0.25) is 0 Å². The Balaban J connectivity index is 1.66. The number of aromatic nitrogens is 2. The molecule has 1 N–H and O–H groups in total. The van der Waals surface area contributed by atoms with Gasteiger partial charge in [0.1, 0.15) is 12.1 Å². The molecule has 0 saturated carbocycles. The number of nitrogens with zero attached hydrogens (tertiary/aromatic N) is 3. The lowest BCUT2D eigenvalue weighted by atomic mass is 9.96. The third-order valence-electron chi connectivity index (χ3n) is 4.76. The largest absolute Gasteiger partial charge is 0.384 e. The molecule has 0 bridgehead atoms. The number of hydrogen-bond acceptors (Lipinski definition) is 5. The number of carbonyl (C=O) groups is 1. The van der Waals surface area contributed by atoms with Crippen LogP contribution in [0.3, 0.4) is 0 Å². The fourth-order valence-electron chi connectivity index (χ4n) is 3.33. The molecule has 2 atom stereocenters. The van der Waals surface area contributed by atoms with Gasteiger partial charge >= 0.3 is 0 Å². The lowest BCUT2D eigenvalue weighted by Crippen LogP contribution is -2.36. The van der Waals surface area contributed by atoms with Crippen molar-refractivity contribution in [2.24, 2.45) is 11.8 Å². The van der Waals surface area contributed by atoms with E-state index in [2.05, 4.69) is 33.2 Å². The molecule has 1 saturated heterocycles. The summed E-state index contributed by atoms with van der Waals surface area (Å²) >= 11 is 0. The second kappa shape index (κ2) is 8.07. The van der Waals surface area contributed by atoms with Crippen molar-refractivity contribution in [2.75, 3.05) is 31.7 Å². The number of aryl methyl sites for hydroxylation is 1. The minimum atomic E-state index is -0.112. The van der Waals surface area contributed by atoms with Crippen molar-refractivity contribution in [1.82, 2.24) is 15.3 Å². The summed E-state index contributed by atoms with van der Waals surface area (Å²) in [6, 6.07) is 9.98. The SMILES string of the molecule is COC[C@@H]1CN(c2ccncn2)C[C@H]1C(=O)NCc1ccccc1C. The molecule has 1 amide bonds. The van der Waals surface area contributed by atoms with Gasteiger partial charge in [-0.05, 0) is 24.1 Å². The zero-order valence-electron chi connectivity index (χ0n) is 14.7. The van der Waals surface area contributed by atoms with E-state index in [1.165, 1.54) is 11.9 Å². The van der Waals surface area contributed by atoms with E-state index in [-0.39, 0.29) is 17.7 Å². The van der Waals surface area contributed by atoms with Gasteiger partial charge in [0.25, 0.3) is 0 Å². The van der Waals surface area contributed by atoms with Gasteiger partial charge < -0.3 is 15.0 Å². The third kappa shape index (κ3) is 4.14. The summed E-state index contributed by atoms with van der Waals surface area (Å²) in [5.41, 5.74) is 2.33. The van der Waals surface area contributed by atoms with Crippen LogP contribution in [-0.2, 0) is 16.1 Å². The fraction of sp³-hybridized carbons (Fsp3) is 0.421. The first-order valence-corrected chi connectivity index (χ1v) is 8.51. The molecule has 6 heteroatoms. The van der Waals surface area contributed by atoms with Crippen LogP contribution in [0.1, 0.15) is 11.1 Å². The van der Waals surface area contributed by atoms with Gasteiger partial charge in [0.05, 0.1) is 12.5 Å². The molecule has 0 spiro atoms. The predicted molar refractivity (Wildman–Crippen MR) is 96.1 cm³/mol. The number of ether oxygens (including phenoxy) is 1. The summed E-state index contributed by atoms with van der Waals surface area (Å²) in [6.07, 6.45) is 3.26. The van der Waals surface area contributed by atoms with Crippen molar-refractivity contribution in [2.45, 2.75) is 13.5 Å². The molecule has 1 fully saturated rings. The second-order valence-electron chi connectivity index (χ2n) is 6.44. The molecule has 0 radical (unpaired) electrons. The van der Waals surface area contributed by atoms with Crippen LogP contribution in [0.4, 0.5) is 5.82 Å². The number of benzene rings is 1. The van der Waals surface area contributed by atoms with E-state index in [0.717, 1.165) is 17.9 Å². The van der Waals surface area contributed by atoms with Gasteiger partial charge in [-0.2, -0.15) is 0 Å². The smallest absolute Gasteiger partial charge is 0.225 e. The zero-order valence-corrected chi connectivity index (χ0v) is 14.7. The van der Waals surface area contributed by atoms with E-state index >= 15 is 0 Å². The number of amides is 1. The Kier molecular flexibility index (Phi) is 5.60. The quantitative estimate of drug-likeness (QED) is 0.868. The molecule has 3 rings (SSSR count). The molecule has 0 unspecified atom stereocenters. The third-order valence-corrected chi connectivity index (χ3v) is 4.76. The minimum Gasteiger partial charge on any atom is -0.384 e. The van der Waals surface area contributed by atoms with Crippen molar-refractivity contribution in [3.05, 3.63) is 54.0 Å². The van der Waals surface area contributed by atoms with Crippen LogP contribution in [0.25, 0.3) is 0 Å². The van der Waals surface area contributed by atoms with Crippen LogP contribution in [-0.4, -0.2) is 42.7 Å². The lowest BCUT2D eigenvalue weighted by molar-refractivity contribution is -0.126. The number of rotatable bonds is 6. The summed E-state index contributed by atoms with van der Waals surface area (Å²) in [7, 11) is 1.68. The Morgan fingerprint density at radius 2 is 2.16 bits per heavy atom. The van der Waals surface area contributed by atoms with Gasteiger partial charge in [0.15, 0.2) is 0 Å². The standard InChI is InChI=1S/C19H24N4O2/c1-14-5-3-4-6-15(14)9-21-19(24)17-11-23(10-16(17)12-25-2)18-7-8-20-13-22-18/h3-8,13,16-17H,9-12H2,1-2H3,(H,21,24)/t16-,17+/m0/s1. The fourth-order valence-corrected chi connectivity index (χ4v) is 3.33. The van der Waals surface area contributed by atoms with Gasteiger partial charge in [-0.15, -0.1) is 0 Å². The summed E-state index contributed by atoms with van der Waals surface area (Å²) in [6.45, 7) is 4.57. The minimum absolute atomic E-state index is 0.0712. The van der Waals surface area contributed by atoms with Crippen LogP contribution in [0, 0.1) is 18.8 Å². The Labute approximate surface area is 148 Å². The van der Waals surface area contributed by atoms with Crippen molar-refractivity contribution >= 4 is 11.7 Å². The second-order valence-corrected chi connectivity index (χ2v) is 6.44. The maximum Gasteiger partial charge on any atom is 0.225 e. The van der Waals surface area contributed by atoms with E-state index in [1.807, 2.05) is 24.3 Å². The molecule has 1 aromatic heterocycles. The first-order valence-electron chi connectivity index (χ1n) is 8.51.